The molecule has 0 aliphatic heterocycles. The summed E-state index contributed by atoms with van der Waals surface area (Å²) in [6.07, 6.45) is 8.46. The van der Waals surface area contributed by atoms with E-state index in [-0.39, 0.29) is 0 Å². The summed E-state index contributed by atoms with van der Waals surface area (Å²) < 4.78 is 1.40. The van der Waals surface area contributed by atoms with Crippen molar-refractivity contribution in [3.05, 3.63) is 24.9 Å². The lowest BCUT2D eigenvalue weighted by Crippen LogP contribution is -1.77. The molecule has 2 heterocycles. The molecule has 0 amide bonds. The number of hydrogen-bond donors (Lipinski definition) is 0. The van der Waals surface area contributed by atoms with Crippen LogP contribution in [0.2, 0.25) is 0 Å². The summed E-state index contributed by atoms with van der Waals surface area (Å²) in [5, 5.41) is 9.39. The van der Waals surface area contributed by atoms with Gasteiger partial charge < -0.3 is 0 Å². The summed E-state index contributed by atoms with van der Waals surface area (Å²) in [7, 11) is 0. The van der Waals surface area contributed by atoms with E-state index < -0.39 is 0 Å². The lowest BCUT2D eigenvalue weighted by Gasteiger charge is -1.80. The van der Waals surface area contributed by atoms with Crippen LogP contribution in [0, 0.1) is 11.5 Å². The Kier molecular flexibility index (Phi) is 1.10. The Morgan fingerprint density at radius 1 is 1.45 bits per heavy atom. The van der Waals surface area contributed by atoms with Crippen molar-refractivity contribution in [1.29, 1.82) is 5.26 Å². The van der Waals surface area contributed by atoms with E-state index >= 15 is 0 Å². The Morgan fingerprint density at radius 3 is 3.09 bits per heavy atom. The van der Waals surface area contributed by atoms with Crippen LogP contribution in [-0.4, -0.2) is 14.5 Å². The minimum absolute atomic E-state index is 0.793. The lowest BCUT2D eigenvalue weighted by atomic mass is 10.4. The molecule has 2 aromatic heterocycles. The molecule has 0 unspecified atom stereocenters. The van der Waals surface area contributed by atoms with Gasteiger partial charge in [0.1, 0.15) is 6.33 Å². The van der Waals surface area contributed by atoms with E-state index in [0.29, 0.717) is 0 Å². The van der Waals surface area contributed by atoms with Crippen molar-refractivity contribution in [2.75, 3.05) is 0 Å². The molecule has 0 aliphatic rings. The first-order chi connectivity index (χ1) is 5.40. The van der Waals surface area contributed by atoms with E-state index in [1.807, 2.05) is 6.19 Å². The molecule has 52 valence electrons. The monoisotopic (exact) mass is 144 g/mol. The maximum atomic E-state index is 8.50. The van der Waals surface area contributed by atoms with Gasteiger partial charge in [0.25, 0.3) is 0 Å². The third-order valence-corrected chi connectivity index (χ3v) is 1.43. The van der Waals surface area contributed by atoms with Crippen LogP contribution in [0.5, 0.6) is 0 Å². The maximum Gasteiger partial charge on any atom is 0.188 e. The van der Waals surface area contributed by atoms with Crippen LogP contribution < -0.4 is 0 Å². The zero-order valence-corrected chi connectivity index (χ0v) is 5.60. The summed E-state index contributed by atoms with van der Waals surface area (Å²) in [5.74, 6) is 0. The largest absolute Gasteiger partial charge is 0.259 e. The summed E-state index contributed by atoms with van der Waals surface area (Å²) in [5.41, 5.74) is 0.793. The Morgan fingerprint density at radius 2 is 2.36 bits per heavy atom. The van der Waals surface area contributed by atoms with Gasteiger partial charge in [0, 0.05) is 24.0 Å². The molecule has 0 saturated heterocycles. The molecule has 2 rings (SSSR count). The van der Waals surface area contributed by atoms with Gasteiger partial charge in [-0.05, 0) is 0 Å². The third-order valence-electron chi connectivity index (χ3n) is 1.43. The highest BCUT2D eigenvalue weighted by Gasteiger charge is 1.96. The summed E-state index contributed by atoms with van der Waals surface area (Å²) in [6, 6.07) is 0. The minimum atomic E-state index is 0.793. The van der Waals surface area contributed by atoms with Crippen LogP contribution >= 0.6 is 0 Å². The zero-order valence-electron chi connectivity index (χ0n) is 5.60. The van der Waals surface area contributed by atoms with Gasteiger partial charge in [0.15, 0.2) is 6.19 Å². The molecule has 0 saturated carbocycles. The predicted octanol–water partition coefficient (Wildman–Crippen LogP) is 0.760. The van der Waals surface area contributed by atoms with Crippen LogP contribution in [-0.2, 0) is 0 Å². The average Bonchev–Trinajstić information content (AvgIpc) is 2.46. The predicted molar refractivity (Wildman–Crippen MR) is 38.5 cm³/mol. The van der Waals surface area contributed by atoms with Crippen molar-refractivity contribution < 1.29 is 0 Å². The first kappa shape index (κ1) is 5.86. The fourth-order valence-electron chi connectivity index (χ4n) is 0.934. The van der Waals surface area contributed by atoms with Crippen LogP contribution in [0.1, 0.15) is 0 Å². The van der Waals surface area contributed by atoms with E-state index in [0.717, 1.165) is 10.9 Å². The highest BCUT2D eigenvalue weighted by Crippen LogP contribution is 2.08. The lowest BCUT2D eigenvalue weighted by molar-refractivity contribution is 1.11. The van der Waals surface area contributed by atoms with E-state index in [2.05, 4.69) is 9.97 Å². The Bertz CT molecular complexity index is 390. The van der Waals surface area contributed by atoms with Crippen molar-refractivity contribution >= 4 is 10.9 Å². The number of rotatable bonds is 0. The van der Waals surface area contributed by atoms with E-state index in [1.165, 1.54) is 10.9 Å². The fraction of sp³-hybridized carbons (Fsp3) is 0. The second kappa shape index (κ2) is 2.06. The molecule has 0 atom stereocenters. The minimum Gasteiger partial charge on any atom is -0.259 e. The topological polar surface area (TPSA) is 54.5 Å². The van der Waals surface area contributed by atoms with Gasteiger partial charge in [-0.3, -0.25) is 4.57 Å². The Balaban J connectivity index is 2.81. The molecular formula is C7H4N4. The number of fused-ring (bicyclic) bond motifs is 1. The average molecular weight is 144 g/mol. The van der Waals surface area contributed by atoms with Gasteiger partial charge in [-0.25, -0.2) is 9.97 Å². The van der Waals surface area contributed by atoms with E-state index in [9.17, 15) is 0 Å². The van der Waals surface area contributed by atoms with Gasteiger partial charge >= 0.3 is 0 Å². The number of nitriles is 1. The van der Waals surface area contributed by atoms with Gasteiger partial charge in [-0.2, -0.15) is 5.26 Å². The van der Waals surface area contributed by atoms with Crippen LogP contribution in [0.25, 0.3) is 10.9 Å². The molecule has 0 spiro atoms. The molecule has 4 nitrogen and oxygen atoms in total. The summed E-state index contributed by atoms with van der Waals surface area (Å²) in [4.78, 5) is 7.79. The molecule has 0 bridgehead atoms. The van der Waals surface area contributed by atoms with Crippen LogP contribution in [0.3, 0.4) is 0 Å². The highest BCUT2D eigenvalue weighted by molar-refractivity contribution is 5.77. The fourth-order valence-corrected chi connectivity index (χ4v) is 0.934. The van der Waals surface area contributed by atoms with Gasteiger partial charge in [-0.1, -0.05) is 0 Å². The molecule has 4 heteroatoms. The van der Waals surface area contributed by atoms with E-state index in [4.69, 9.17) is 5.26 Å². The van der Waals surface area contributed by atoms with Crippen LogP contribution in [0.4, 0.5) is 0 Å². The van der Waals surface area contributed by atoms with E-state index in [1.54, 1.807) is 18.6 Å². The molecule has 0 radical (unpaired) electrons. The SMILES string of the molecule is N#Cn1cc2cncnc2c1. The van der Waals surface area contributed by atoms with Crippen LogP contribution in [0.15, 0.2) is 24.9 Å². The molecule has 0 N–H and O–H groups in total. The number of aromatic nitrogens is 3. The van der Waals surface area contributed by atoms with Crippen molar-refractivity contribution in [3.63, 3.8) is 0 Å². The van der Waals surface area contributed by atoms with Crippen molar-refractivity contribution in [1.82, 2.24) is 14.5 Å². The van der Waals surface area contributed by atoms with Gasteiger partial charge in [-0.15, -0.1) is 0 Å². The number of nitrogens with zero attached hydrogens (tertiary/aromatic N) is 4. The normalized spacial score (nSPS) is 9.73. The molecule has 2 aromatic rings. The van der Waals surface area contributed by atoms with Crippen molar-refractivity contribution in [3.8, 4) is 6.19 Å². The molecule has 0 fully saturated rings. The number of hydrogen-bond acceptors (Lipinski definition) is 3. The quantitative estimate of drug-likeness (QED) is 0.548. The molecule has 11 heavy (non-hydrogen) atoms. The molecular weight excluding hydrogens is 140 g/mol. The summed E-state index contributed by atoms with van der Waals surface area (Å²) >= 11 is 0. The third kappa shape index (κ3) is 0.829. The zero-order chi connectivity index (χ0) is 7.68. The standard InChI is InChI=1S/C7H4N4/c8-4-11-2-6-1-9-5-10-7(6)3-11/h1-3,5H. The van der Waals surface area contributed by atoms with Crippen molar-refractivity contribution in [2.45, 2.75) is 0 Å². The first-order valence-corrected chi connectivity index (χ1v) is 3.08. The Labute approximate surface area is 62.7 Å². The smallest absolute Gasteiger partial charge is 0.188 e. The molecule has 0 aromatic carbocycles. The van der Waals surface area contributed by atoms with Gasteiger partial charge in [0.2, 0.25) is 0 Å². The molecule has 0 aliphatic carbocycles. The first-order valence-electron chi connectivity index (χ1n) is 3.08. The highest BCUT2D eigenvalue weighted by atomic mass is 15.0. The maximum absolute atomic E-state index is 8.50. The second-order valence-corrected chi connectivity index (χ2v) is 2.13. The van der Waals surface area contributed by atoms with Gasteiger partial charge in [0.05, 0.1) is 5.52 Å². The second-order valence-electron chi connectivity index (χ2n) is 2.13. The Hall–Kier alpha value is -1.89. The van der Waals surface area contributed by atoms with Crippen molar-refractivity contribution in [2.24, 2.45) is 0 Å². The summed E-state index contributed by atoms with van der Waals surface area (Å²) in [6.45, 7) is 0.